The molecule has 33 heavy (non-hydrogen) atoms. The number of nitrogen functional groups attached to an aromatic ring is 1. The molecule has 172 valence electrons. The van der Waals surface area contributed by atoms with Crippen LogP contribution in [-0.2, 0) is 25.0 Å². The van der Waals surface area contributed by atoms with Crippen molar-refractivity contribution >= 4 is 59.1 Å². The van der Waals surface area contributed by atoms with Crippen LogP contribution in [0.2, 0.25) is 0 Å². The lowest BCUT2D eigenvalue weighted by atomic mass is 10.1. The minimum Gasteiger partial charge on any atom is -0.398 e. The van der Waals surface area contributed by atoms with E-state index in [0.29, 0.717) is 32.9 Å². The van der Waals surface area contributed by atoms with E-state index in [1.54, 1.807) is 48.5 Å². The minimum atomic E-state index is -4.29. The molecule has 5 N–H and O–H groups in total. The molecule has 4 rings (SSSR count). The number of hydrogen-bond donors (Lipinski definition) is 4. The summed E-state index contributed by atoms with van der Waals surface area (Å²) < 4.78 is 62.8. The van der Waals surface area contributed by atoms with Crippen molar-refractivity contribution in [3.05, 3.63) is 72.8 Å². The Kier molecular flexibility index (Phi) is 6.70. The van der Waals surface area contributed by atoms with Crippen molar-refractivity contribution in [1.82, 2.24) is 0 Å². The zero-order valence-electron chi connectivity index (χ0n) is 17.3. The number of carbonyl (C=O) groups excluding carboxylic acids is 1. The van der Waals surface area contributed by atoms with E-state index in [0.717, 1.165) is 0 Å². The molecule has 0 atom stereocenters. The summed E-state index contributed by atoms with van der Waals surface area (Å²) in [5, 5.41) is 4.58. The molecule has 4 aromatic carbocycles. The standard InChI is InChI=1S/C12H11NO4S.C10H9NO3S/c1-8(14)13-11-6-7-12(18(15,16)17)10-5-3-2-4-9(10)11;11-9-5-6-10(15(12,13)14)8-4-2-1-3-7(8)9/h2-7H,1H3,(H,13,14)(H,15,16,17);1-6H,11H2,(H,12,13,14). The molecule has 0 saturated carbocycles. The first-order valence-corrected chi connectivity index (χ1v) is 12.3. The summed E-state index contributed by atoms with van der Waals surface area (Å²) in [5.41, 5.74) is 6.68. The molecule has 0 saturated heterocycles. The summed E-state index contributed by atoms with van der Waals surface area (Å²) in [5.74, 6) is -0.250. The SMILES string of the molecule is CC(=O)Nc1ccc(S(=O)(=O)O)c2ccccc12.Nc1ccc(S(=O)(=O)O)c2ccccc12. The first-order chi connectivity index (χ1) is 15.4. The van der Waals surface area contributed by atoms with Crippen LogP contribution in [0.15, 0.2) is 82.6 Å². The minimum absolute atomic E-state index is 0.118. The van der Waals surface area contributed by atoms with Crippen LogP contribution in [0.4, 0.5) is 11.4 Å². The van der Waals surface area contributed by atoms with Gasteiger partial charge in [0.1, 0.15) is 9.79 Å². The van der Waals surface area contributed by atoms with E-state index in [2.05, 4.69) is 5.32 Å². The molecular formula is C22H20N2O7S2. The van der Waals surface area contributed by atoms with Gasteiger partial charge in [0.25, 0.3) is 20.2 Å². The summed E-state index contributed by atoms with van der Waals surface area (Å²) >= 11 is 0. The Labute approximate surface area is 190 Å². The fourth-order valence-corrected chi connectivity index (χ4v) is 4.71. The molecule has 0 unspecified atom stereocenters. The normalized spacial score (nSPS) is 11.6. The van der Waals surface area contributed by atoms with Gasteiger partial charge in [0.2, 0.25) is 5.91 Å². The Bertz CT molecular complexity index is 1580. The highest BCUT2D eigenvalue weighted by atomic mass is 32.2. The van der Waals surface area contributed by atoms with Gasteiger partial charge in [-0.05, 0) is 24.3 Å². The van der Waals surface area contributed by atoms with Gasteiger partial charge in [-0.15, -0.1) is 0 Å². The molecule has 0 heterocycles. The number of rotatable bonds is 3. The van der Waals surface area contributed by atoms with Gasteiger partial charge in [0, 0.05) is 39.8 Å². The van der Waals surface area contributed by atoms with Crippen LogP contribution in [0.1, 0.15) is 6.92 Å². The molecule has 0 aliphatic heterocycles. The van der Waals surface area contributed by atoms with Gasteiger partial charge in [-0.1, -0.05) is 48.5 Å². The van der Waals surface area contributed by atoms with E-state index in [1.165, 1.54) is 31.2 Å². The maximum absolute atomic E-state index is 11.2. The fourth-order valence-electron chi connectivity index (χ4n) is 3.31. The second kappa shape index (κ2) is 9.16. The van der Waals surface area contributed by atoms with Crippen LogP contribution >= 0.6 is 0 Å². The Morgan fingerprint density at radius 2 is 1.12 bits per heavy atom. The van der Waals surface area contributed by atoms with Crippen LogP contribution in [0.5, 0.6) is 0 Å². The Balaban J connectivity index is 0.000000189. The number of hydrogen-bond acceptors (Lipinski definition) is 6. The highest BCUT2D eigenvalue weighted by Crippen LogP contribution is 2.29. The summed E-state index contributed by atoms with van der Waals surface area (Å²) in [6.07, 6.45) is 0. The maximum Gasteiger partial charge on any atom is 0.295 e. The second-order valence-corrected chi connectivity index (χ2v) is 9.77. The Morgan fingerprint density at radius 3 is 1.61 bits per heavy atom. The molecule has 0 radical (unpaired) electrons. The first-order valence-electron chi connectivity index (χ1n) is 9.41. The zero-order valence-corrected chi connectivity index (χ0v) is 18.9. The fraction of sp³-hybridized carbons (Fsp3) is 0.0455. The molecule has 0 fully saturated rings. The van der Waals surface area contributed by atoms with E-state index in [4.69, 9.17) is 14.8 Å². The summed E-state index contributed by atoms with van der Waals surface area (Å²) in [6.45, 7) is 1.37. The van der Waals surface area contributed by atoms with Gasteiger partial charge in [0.15, 0.2) is 0 Å². The maximum atomic E-state index is 11.2. The monoisotopic (exact) mass is 488 g/mol. The predicted octanol–water partition coefficient (Wildman–Crippen LogP) is 3.71. The Morgan fingerprint density at radius 1 is 0.697 bits per heavy atom. The predicted molar refractivity (Wildman–Crippen MR) is 126 cm³/mol. The van der Waals surface area contributed by atoms with Gasteiger partial charge >= 0.3 is 0 Å². The largest absolute Gasteiger partial charge is 0.398 e. The van der Waals surface area contributed by atoms with Gasteiger partial charge in [-0.3, -0.25) is 13.9 Å². The number of fused-ring (bicyclic) bond motifs is 2. The number of nitrogens with two attached hydrogens (primary N) is 1. The van der Waals surface area contributed by atoms with Gasteiger partial charge in [-0.2, -0.15) is 16.8 Å². The smallest absolute Gasteiger partial charge is 0.295 e. The number of carbonyl (C=O) groups is 1. The average molecular weight is 489 g/mol. The highest BCUT2D eigenvalue weighted by Gasteiger charge is 2.16. The van der Waals surface area contributed by atoms with Crippen LogP contribution in [-0.4, -0.2) is 31.8 Å². The van der Waals surface area contributed by atoms with Gasteiger partial charge in [-0.25, -0.2) is 0 Å². The molecule has 0 aliphatic carbocycles. The van der Waals surface area contributed by atoms with E-state index in [-0.39, 0.29) is 15.7 Å². The lowest BCUT2D eigenvalue weighted by molar-refractivity contribution is -0.114. The molecule has 0 aliphatic rings. The van der Waals surface area contributed by atoms with Crippen molar-refractivity contribution < 1.29 is 30.7 Å². The van der Waals surface area contributed by atoms with Crippen molar-refractivity contribution in [1.29, 1.82) is 0 Å². The highest BCUT2D eigenvalue weighted by molar-refractivity contribution is 7.86. The summed E-state index contributed by atoms with van der Waals surface area (Å²) in [6, 6.07) is 18.9. The van der Waals surface area contributed by atoms with E-state index in [1.807, 2.05) is 0 Å². The lowest BCUT2D eigenvalue weighted by Crippen LogP contribution is -2.07. The van der Waals surface area contributed by atoms with Crippen LogP contribution < -0.4 is 11.1 Å². The van der Waals surface area contributed by atoms with E-state index < -0.39 is 20.2 Å². The molecule has 1 amide bonds. The van der Waals surface area contributed by atoms with Crippen LogP contribution in [0, 0.1) is 0 Å². The van der Waals surface area contributed by atoms with Crippen molar-refractivity contribution in [2.75, 3.05) is 11.1 Å². The summed E-state index contributed by atoms with van der Waals surface area (Å²) in [7, 11) is -8.49. The van der Waals surface area contributed by atoms with Gasteiger partial charge < -0.3 is 11.1 Å². The number of benzene rings is 4. The quantitative estimate of drug-likeness (QED) is 0.250. The molecule has 0 aromatic heterocycles. The topological polar surface area (TPSA) is 164 Å². The Hall–Kier alpha value is -3.51. The third-order valence-electron chi connectivity index (χ3n) is 4.67. The summed E-state index contributed by atoms with van der Waals surface area (Å²) in [4.78, 5) is 10.8. The van der Waals surface area contributed by atoms with Crippen molar-refractivity contribution in [2.24, 2.45) is 0 Å². The molecular weight excluding hydrogens is 468 g/mol. The van der Waals surface area contributed by atoms with E-state index >= 15 is 0 Å². The number of amides is 1. The van der Waals surface area contributed by atoms with Crippen molar-refractivity contribution in [3.63, 3.8) is 0 Å². The third kappa shape index (κ3) is 5.46. The first kappa shape index (κ1) is 24.1. The second-order valence-electron chi connectivity index (χ2n) is 6.99. The van der Waals surface area contributed by atoms with Crippen molar-refractivity contribution in [2.45, 2.75) is 16.7 Å². The lowest BCUT2D eigenvalue weighted by Gasteiger charge is -2.09. The van der Waals surface area contributed by atoms with E-state index in [9.17, 15) is 21.6 Å². The van der Waals surface area contributed by atoms with Crippen molar-refractivity contribution in [3.8, 4) is 0 Å². The third-order valence-corrected chi connectivity index (χ3v) is 6.49. The molecule has 11 heteroatoms. The number of nitrogens with one attached hydrogen (secondary N) is 1. The zero-order chi connectivity index (χ0) is 24.4. The van der Waals surface area contributed by atoms with Gasteiger partial charge in [0.05, 0.1) is 0 Å². The molecule has 9 nitrogen and oxygen atoms in total. The molecule has 0 spiro atoms. The molecule has 0 bridgehead atoms. The van der Waals surface area contributed by atoms with Crippen LogP contribution in [0.3, 0.4) is 0 Å². The molecule has 4 aromatic rings. The van der Waals surface area contributed by atoms with Crippen LogP contribution in [0.25, 0.3) is 21.5 Å². The number of anilines is 2. The average Bonchev–Trinajstić information content (AvgIpc) is 2.73.